The smallest absolute Gasteiger partial charge is 0.138 e. The summed E-state index contributed by atoms with van der Waals surface area (Å²) >= 11 is 18.6. The van der Waals surface area contributed by atoms with Gasteiger partial charge in [-0.05, 0) is 67.0 Å². The van der Waals surface area contributed by atoms with E-state index in [1.54, 1.807) is 7.11 Å². The molecule has 1 N–H and O–H groups in total. The van der Waals surface area contributed by atoms with E-state index in [0.717, 1.165) is 54.3 Å². The van der Waals surface area contributed by atoms with E-state index in [9.17, 15) is 5.11 Å². The maximum atomic E-state index is 11.1. The van der Waals surface area contributed by atoms with Gasteiger partial charge in [0.25, 0.3) is 0 Å². The summed E-state index contributed by atoms with van der Waals surface area (Å²) in [5.74, 6) is 0.655. The number of methoxy groups -OCH3 is 1. The molecule has 0 aliphatic carbocycles. The molecule has 33 heavy (non-hydrogen) atoms. The predicted octanol–water partition coefficient (Wildman–Crippen LogP) is 7.50. The van der Waals surface area contributed by atoms with Crippen molar-refractivity contribution in [2.24, 2.45) is 0 Å². The van der Waals surface area contributed by atoms with Crippen molar-refractivity contribution in [1.82, 2.24) is 4.90 Å². The van der Waals surface area contributed by atoms with Crippen LogP contribution in [-0.4, -0.2) is 36.2 Å². The van der Waals surface area contributed by atoms with E-state index in [1.807, 2.05) is 48.5 Å². The first-order valence-corrected chi connectivity index (χ1v) is 12.3. The third kappa shape index (κ3) is 5.50. The summed E-state index contributed by atoms with van der Waals surface area (Å²) in [6.07, 6.45) is 4.60. The van der Waals surface area contributed by atoms with Gasteiger partial charge < -0.3 is 9.84 Å². The second kappa shape index (κ2) is 10.7. The number of benzene rings is 3. The molecule has 3 nitrogen and oxygen atoms in total. The van der Waals surface area contributed by atoms with Crippen LogP contribution in [0.5, 0.6) is 5.75 Å². The summed E-state index contributed by atoms with van der Waals surface area (Å²) < 4.78 is 5.31. The second-order valence-electron chi connectivity index (χ2n) is 8.60. The van der Waals surface area contributed by atoms with E-state index < -0.39 is 6.10 Å². The lowest BCUT2D eigenvalue weighted by molar-refractivity contribution is 0.0533. The molecule has 1 heterocycles. The molecule has 3 aromatic carbocycles. The molecule has 0 bridgehead atoms. The molecule has 1 aliphatic rings. The van der Waals surface area contributed by atoms with E-state index >= 15 is 0 Å². The van der Waals surface area contributed by atoms with Gasteiger partial charge in [0.05, 0.1) is 28.3 Å². The Morgan fingerprint density at radius 1 is 1.00 bits per heavy atom. The van der Waals surface area contributed by atoms with Crippen LogP contribution in [0.1, 0.15) is 37.0 Å². The molecule has 1 aliphatic heterocycles. The van der Waals surface area contributed by atoms with Crippen LogP contribution in [-0.2, 0) is 6.42 Å². The Balaban J connectivity index is 1.38. The standard InChI is InChI=1S/C27H28Cl3NO2/c1-17(27(32)21-6-8-22-20(16-21)7-10-25(33-2)26(22)30)31-13-11-18(12-14-31)3-4-19-5-9-23(28)24(29)15-19/h3,5-10,15-17,27,32H,4,11-14H2,1-2H3/t17-,27-/m0/s1. The molecule has 0 amide bonds. The van der Waals surface area contributed by atoms with E-state index in [2.05, 4.69) is 17.9 Å². The van der Waals surface area contributed by atoms with Crippen LogP contribution in [0, 0.1) is 0 Å². The van der Waals surface area contributed by atoms with Crippen LogP contribution in [0.15, 0.2) is 60.2 Å². The van der Waals surface area contributed by atoms with Gasteiger partial charge in [0.15, 0.2) is 0 Å². The number of likely N-dealkylation sites (tertiary alicyclic amines) is 1. The van der Waals surface area contributed by atoms with Gasteiger partial charge in [-0.1, -0.05) is 70.7 Å². The monoisotopic (exact) mass is 503 g/mol. The van der Waals surface area contributed by atoms with E-state index in [-0.39, 0.29) is 6.04 Å². The molecule has 0 unspecified atom stereocenters. The number of fused-ring (bicyclic) bond motifs is 1. The van der Waals surface area contributed by atoms with Crippen molar-refractivity contribution in [2.75, 3.05) is 20.2 Å². The van der Waals surface area contributed by atoms with Crippen molar-refractivity contribution < 1.29 is 9.84 Å². The highest BCUT2D eigenvalue weighted by Crippen LogP contribution is 2.35. The fourth-order valence-corrected chi connectivity index (χ4v) is 5.09. The number of ether oxygens (including phenoxy) is 1. The lowest BCUT2D eigenvalue weighted by atomic mass is 9.95. The fourth-order valence-electron chi connectivity index (χ4n) is 4.46. The molecule has 2 atom stereocenters. The van der Waals surface area contributed by atoms with Gasteiger partial charge in [0.1, 0.15) is 5.75 Å². The van der Waals surface area contributed by atoms with Crippen LogP contribution >= 0.6 is 34.8 Å². The first-order valence-electron chi connectivity index (χ1n) is 11.2. The largest absolute Gasteiger partial charge is 0.495 e. The van der Waals surface area contributed by atoms with Gasteiger partial charge in [-0.25, -0.2) is 0 Å². The highest BCUT2D eigenvalue weighted by molar-refractivity contribution is 6.42. The lowest BCUT2D eigenvalue weighted by Crippen LogP contribution is -2.41. The Labute approximate surface area is 210 Å². The summed E-state index contributed by atoms with van der Waals surface area (Å²) in [7, 11) is 1.61. The van der Waals surface area contributed by atoms with Crippen LogP contribution < -0.4 is 4.74 Å². The van der Waals surface area contributed by atoms with Gasteiger partial charge in [-0.2, -0.15) is 0 Å². The topological polar surface area (TPSA) is 32.7 Å². The molecular weight excluding hydrogens is 477 g/mol. The lowest BCUT2D eigenvalue weighted by Gasteiger charge is -2.36. The van der Waals surface area contributed by atoms with Crippen LogP contribution in [0.4, 0.5) is 0 Å². The molecule has 3 aromatic rings. The summed E-state index contributed by atoms with van der Waals surface area (Å²) in [6.45, 7) is 3.96. The minimum Gasteiger partial charge on any atom is -0.495 e. The summed E-state index contributed by atoms with van der Waals surface area (Å²) in [5, 5.41) is 14.8. The first kappa shape index (κ1) is 24.4. The zero-order valence-electron chi connectivity index (χ0n) is 18.8. The fraction of sp³-hybridized carbons (Fsp3) is 0.333. The van der Waals surface area contributed by atoms with Crippen molar-refractivity contribution in [3.05, 3.63) is 86.4 Å². The van der Waals surface area contributed by atoms with Crippen molar-refractivity contribution in [2.45, 2.75) is 38.3 Å². The number of hydrogen-bond donors (Lipinski definition) is 1. The molecule has 0 aromatic heterocycles. The Morgan fingerprint density at radius 3 is 2.45 bits per heavy atom. The molecule has 1 fully saturated rings. The molecule has 4 rings (SSSR count). The normalized spacial score (nSPS) is 16.6. The Bertz CT molecular complexity index is 1170. The van der Waals surface area contributed by atoms with E-state index in [4.69, 9.17) is 39.5 Å². The number of aliphatic hydroxyl groups excluding tert-OH is 1. The summed E-state index contributed by atoms with van der Waals surface area (Å²) in [6, 6.07) is 15.6. The van der Waals surface area contributed by atoms with Crippen molar-refractivity contribution in [3.8, 4) is 5.75 Å². The molecule has 174 valence electrons. The predicted molar refractivity (Wildman–Crippen MR) is 139 cm³/mol. The Kier molecular flexibility index (Phi) is 7.88. The highest BCUT2D eigenvalue weighted by Gasteiger charge is 2.26. The quantitative estimate of drug-likeness (QED) is 0.353. The third-order valence-corrected chi connectivity index (χ3v) is 7.72. The van der Waals surface area contributed by atoms with Gasteiger partial charge >= 0.3 is 0 Å². The number of hydrogen-bond acceptors (Lipinski definition) is 3. The second-order valence-corrected chi connectivity index (χ2v) is 9.79. The van der Waals surface area contributed by atoms with E-state index in [0.29, 0.717) is 20.8 Å². The van der Waals surface area contributed by atoms with Gasteiger partial charge in [-0.3, -0.25) is 4.90 Å². The minimum atomic E-state index is -0.572. The number of allylic oxidation sites excluding steroid dienone is 1. The SMILES string of the molecule is COc1ccc2cc([C@@H](O)[C@H](C)N3CCC(=CCc4ccc(Cl)c(Cl)c4)CC3)ccc2c1Cl. The molecular formula is C27H28Cl3NO2. The number of aliphatic hydroxyl groups is 1. The van der Waals surface area contributed by atoms with Crippen molar-refractivity contribution in [3.63, 3.8) is 0 Å². The number of nitrogens with zero attached hydrogens (tertiary/aromatic N) is 1. The molecule has 0 radical (unpaired) electrons. The highest BCUT2D eigenvalue weighted by atomic mass is 35.5. The van der Waals surface area contributed by atoms with Crippen LogP contribution in [0.2, 0.25) is 15.1 Å². The average molecular weight is 505 g/mol. The zero-order valence-corrected chi connectivity index (χ0v) is 21.1. The van der Waals surface area contributed by atoms with Crippen molar-refractivity contribution >= 4 is 45.6 Å². The zero-order chi connectivity index (χ0) is 23.5. The van der Waals surface area contributed by atoms with Gasteiger partial charge in [-0.15, -0.1) is 0 Å². The third-order valence-electron chi connectivity index (χ3n) is 6.59. The van der Waals surface area contributed by atoms with Crippen molar-refractivity contribution in [1.29, 1.82) is 0 Å². The molecule has 1 saturated heterocycles. The van der Waals surface area contributed by atoms with Gasteiger partial charge in [0, 0.05) is 24.5 Å². The van der Waals surface area contributed by atoms with Gasteiger partial charge in [0.2, 0.25) is 0 Å². The molecule has 6 heteroatoms. The van der Waals surface area contributed by atoms with Crippen LogP contribution in [0.3, 0.4) is 0 Å². The molecule has 0 spiro atoms. The number of halogens is 3. The first-order chi connectivity index (χ1) is 15.9. The number of piperidine rings is 1. The number of rotatable bonds is 6. The maximum absolute atomic E-state index is 11.1. The summed E-state index contributed by atoms with van der Waals surface area (Å²) in [4.78, 5) is 2.37. The van der Waals surface area contributed by atoms with E-state index in [1.165, 1.54) is 5.57 Å². The summed E-state index contributed by atoms with van der Waals surface area (Å²) in [5.41, 5.74) is 3.52. The average Bonchev–Trinajstić information content (AvgIpc) is 2.84. The Hall–Kier alpha value is -1.75. The molecule has 0 saturated carbocycles. The maximum Gasteiger partial charge on any atom is 0.138 e. The van der Waals surface area contributed by atoms with Crippen LogP contribution in [0.25, 0.3) is 10.8 Å². The Morgan fingerprint density at radius 2 is 1.76 bits per heavy atom. The minimum absolute atomic E-state index is 0.0211.